The number of halogens is 3. The van der Waals surface area contributed by atoms with Gasteiger partial charge < -0.3 is 10.1 Å². The van der Waals surface area contributed by atoms with Crippen molar-refractivity contribution >= 4 is 11.6 Å². The zero-order valence-corrected chi connectivity index (χ0v) is 11.9. The standard InChI is InChI=1S/C14H14F3N3O2/c1-3-20-8(2)10(7-18-20)13(21)19-11-5-4-9(15)6-12(11)22-14(16)17/h4-7,14H,3H2,1-2H3,(H,19,21). The van der Waals surface area contributed by atoms with E-state index in [9.17, 15) is 18.0 Å². The summed E-state index contributed by atoms with van der Waals surface area (Å²) >= 11 is 0. The maximum Gasteiger partial charge on any atom is 0.387 e. The molecular weight excluding hydrogens is 299 g/mol. The molecule has 0 aliphatic heterocycles. The molecule has 0 aliphatic carbocycles. The molecule has 0 fully saturated rings. The average molecular weight is 313 g/mol. The molecule has 118 valence electrons. The van der Waals surface area contributed by atoms with Crippen molar-refractivity contribution in [1.82, 2.24) is 9.78 Å². The molecule has 5 nitrogen and oxygen atoms in total. The maximum absolute atomic E-state index is 13.1. The van der Waals surface area contributed by atoms with Gasteiger partial charge in [-0.2, -0.15) is 13.9 Å². The van der Waals surface area contributed by atoms with Crippen LogP contribution in [0.25, 0.3) is 0 Å². The Bertz CT molecular complexity index is 686. The first-order valence-corrected chi connectivity index (χ1v) is 6.50. The van der Waals surface area contributed by atoms with Crippen molar-refractivity contribution < 1.29 is 22.7 Å². The topological polar surface area (TPSA) is 56.2 Å². The highest BCUT2D eigenvalue weighted by Crippen LogP contribution is 2.27. The minimum Gasteiger partial charge on any atom is -0.432 e. The molecule has 0 atom stereocenters. The third-order valence-electron chi connectivity index (χ3n) is 3.06. The molecule has 0 spiro atoms. The Hall–Kier alpha value is -2.51. The van der Waals surface area contributed by atoms with Gasteiger partial charge in [-0.05, 0) is 26.0 Å². The third kappa shape index (κ3) is 3.38. The van der Waals surface area contributed by atoms with Crippen LogP contribution in [0.5, 0.6) is 5.75 Å². The van der Waals surface area contributed by atoms with Crippen LogP contribution in [0.2, 0.25) is 0 Å². The monoisotopic (exact) mass is 313 g/mol. The summed E-state index contributed by atoms with van der Waals surface area (Å²) in [4.78, 5) is 12.2. The summed E-state index contributed by atoms with van der Waals surface area (Å²) in [5.74, 6) is -1.73. The second-order valence-corrected chi connectivity index (χ2v) is 4.43. The quantitative estimate of drug-likeness (QED) is 0.922. The lowest BCUT2D eigenvalue weighted by Gasteiger charge is -2.12. The highest BCUT2D eigenvalue weighted by molar-refractivity contribution is 6.05. The van der Waals surface area contributed by atoms with Crippen LogP contribution in [0.15, 0.2) is 24.4 Å². The summed E-state index contributed by atoms with van der Waals surface area (Å²) < 4.78 is 43.6. The van der Waals surface area contributed by atoms with Gasteiger partial charge in [-0.25, -0.2) is 4.39 Å². The molecule has 1 aromatic heterocycles. The zero-order chi connectivity index (χ0) is 16.3. The number of rotatable bonds is 5. The van der Waals surface area contributed by atoms with E-state index in [1.807, 2.05) is 6.92 Å². The van der Waals surface area contributed by atoms with E-state index >= 15 is 0 Å². The van der Waals surface area contributed by atoms with Crippen molar-refractivity contribution in [2.24, 2.45) is 0 Å². The maximum atomic E-state index is 13.1. The van der Waals surface area contributed by atoms with Gasteiger partial charge in [0, 0.05) is 18.3 Å². The smallest absolute Gasteiger partial charge is 0.387 e. The van der Waals surface area contributed by atoms with Gasteiger partial charge in [0.05, 0.1) is 17.4 Å². The molecule has 1 heterocycles. The number of nitrogens with one attached hydrogen (secondary N) is 1. The van der Waals surface area contributed by atoms with Crippen LogP contribution in [0.4, 0.5) is 18.9 Å². The van der Waals surface area contributed by atoms with Crippen LogP contribution in [0.1, 0.15) is 23.0 Å². The summed E-state index contributed by atoms with van der Waals surface area (Å²) in [6.07, 6.45) is 1.38. The van der Waals surface area contributed by atoms with Crippen LogP contribution in [-0.2, 0) is 6.54 Å². The molecule has 2 aromatic rings. The van der Waals surface area contributed by atoms with E-state index in [1.165, 1.54) is 6.20 Å². The predicted octanol–water partition coefficient (Wildman–Crippen LogP) is 3.20. The van der Waals surface area contributed by atoms with Crippen molar-refractivity contribution in [3.05, 3.63) is 41.5 Å². The van der Waals surface area contributed by atoms with Crippen molar-refractivity contribution in [3.63, 3.8) is 0 Å². The van der Waals surface area contributed by atoms with Gasteiger partial charge >= 0.3 is 6.61 Å². The molecule has 22 heavy (non-hydrogen) atoms. The van der Waals surface area contributed by atoms with E-state index in [-0.39, 0.29) is 5.69 Å². The van der Waals surface area contributed by atoms with E-state index in [1.54, 1.807) is 11.6 Å². The Morgan fingerprint density at radius 3 is 2.77 bits per heavy atom. The van der Waals surface area contributed by atoms with E-state index < -0.39 is 24.1 Å². The lowest BCUT2D eigenvalue weighted by molar-refractivity contribution is -0.0495. The molecule has 1 aromatic carbocycles. The van der Waals surface area contributed by atoms with Crippen LogP contribution < -0.4 is 10.1 Å². The van der Waals surface area contributed by atoms with Crippen molar-refractivity contribution in [2.75, 3.05) is 5.32 Å². The molecule has 0 saturated heterocycles. The highest BCUT2D eigenvalue weighted by Gasteiger charge is 2.17. The third-order valence-corrected chi connectivity index (χ3v) is 3.06. The van der Waals surface area contributed by atoms with Crippen LogP contribution in [0, 0.1) is 12.7 Å². The van der Waals surface area contributed by atoms with Gasteiger partial charge in [0.1, 0.15) is 5.82 Å². The molecule has 8 heteroatoms. The number of carbonyl (C=O) groups excluding carboxylic acids is 1. The van der Waals surface area contributed by atoms with Gasteiger partial charge in [-0.15, -0.1) is 0 Å². The Morgan fingerprint density at radius 1 is 1.45 bits per heavy atom. The van der Waals surface area contributed by atoms with Gasteiger partial charge in [-0.1, -0.05) is 0 Å². The van der Waals surface area contributed by atoms with Crippen molar-refractivity contribution in [3.8, 4) is 5.75 Å². The second-order valence-electron chi connectivity index (χ2n) is 4.43. The number of amides is 1. The Labute approximate surface area is 124 Å². The van der Waals surface area contributed by atoms with Gasteiger partial charge in [0.15, 0.2) is 5.75 Å². The van der Waals surface area contributed by atoms with E-state index in [0.717, 1.165) is 18.2 Å². The minimum absolute atomic E-state index is 0.0460. The van der Waals surface area contributed by atoms with Gasteiger partial charge in [0.2, 0.25) is 0 Å². The Kier molecular flexibility index (Phi) is 4.69. The van der Waals surface area contributed by atoms with E-state index in [2.05, 4.69) is 15.2 Å². The molecule has 0 unspecified atom stereocenters. The number of carbonyl (C=O) groups is 1. The molecule has 0 radical (unpaired) electrons. The van der Waals surface area contributed by atoms with Crippen molar-refractivity contribution in [1.29, 1.82) is 0 Å². The number of hydrogen-bond donors (Lipinski definition) is 1. The largest absolute Gasteiger partial charge is 0.432 e. The number of hydrogen-bond acceptors (Lipinski definition) is 3. The summed E-state index contributed by atoms with van der Waals surface area (Å²) in [6.45, 7) is 1.06. The summed E-state index contributed by atoms with van der Waals surface area (Å²) in [5, 5.41) is 6.45. The van der Waals surface area contributed by atoms with Crippen LogP contribution in [0.3, 0.4) is 0 Å². The average Bonchev–Trinajstić information content (AvgIpc) is 2.82. The minimum atomic E-state index is -3.12. The second kappa shape index (κ2) is 6.50. The molecular formula is C14H14F3N3O2. The van der Waals surface area contributed by atoms with E-state index in [0.29, 0.717) is 17.8 Å². The molecule has 0 aliphatic rings. The number of alkyl halides is 2. The molecule has 0 bridgehead atoms. The fourth-order valence-electron chi connectivity index (χ4n) is 1.97. The Balaban J connectivity index is 2.26. The summed E-state index contributed by atoms with van der Waals surface area (Å²) in [7, 11) is 0. The number of aromatic nitrogens is 2. The predicted molar refractivity (Wildman–Crippen MR) is 73.6 cm³/mol. The number of benzene rings is 1. The molecule has 2 rings (SSSR count). The number of nitrogens with zero attached hydrogens (tertiary/aromatic N) is 2. The Morgan fingerprint density at radius 2 is 2.18 bits per heavy atom. The zero-order valence-electron chi connectivity index (χ0n) is 11.9. The van der Waals surface area contributed by atoms with Crippen LogP contribution >= 0.6 is 0 Å². The molecule has 1 N–H and O–H groups in total. The SMILES string of the molecule is CCn1ncc(C(=O)Nc2ccc(F)cc2OC(F)F)c1C. The first-order valence-electron chi connectivity index (χ1n) is 6.50. The fraction of sp³-hybridized carbons (Fsp3) is 0.286. The first-order chi connectivity index (χ1) is 10.4. The lowest BCUT2D eigenvalue weighted by atomic mass is 10.2. The number of ether oxygens (including phenoxy) is 1. The summed E-state index contributed by atoms with van der Waals surface area (Å²) in [6, 6.07) is 2.98. The van der Waals surface area contributed by atoms with E-state index in [4.69, 9.17) is 0 Å². The van der Waals surface area contributed by atoms with Crippen molar-refractivity contribution in [2.45, 2.75) is 27.0 Å². The van der Waals surface area contributed by atoms with Crippen LogP contribution in [-0.4, -0.2) is 22.3 Å². The first kappa shape index (κ1) is 15.9. The fourth-order valence-corrected chi connectivity index (χ4v) is 1.97. The van der Waals surface area contributed by atoms with Gasteiger partial charge in [0.25, 0.3) is 5.91 Å². The highest BCUT2D eigenvalue weighted by atomic mass is 19.3. The molecule has 0 saturated carbocycles. The lowest BCUT2D eigenvalue weighted by Crippen LogP contribution is -2.15. The normalized spacial score (nSPS) is 10.8. The van der Waals surface area contributed by atoms with Gasteiger partial charge in [-0.3, -0.25) is 9.48 Å². The molecule has 1 amide bonds. The number of aryl methyl sites for hydroxylation is 1. The number of anilines is 1. The summed E-state index contributed by atoms with van der Waals surface area (Å²) in [5.41, 5.74) is 0.892.